The third-order valence-corrected chi connectivity index (χ3v) is 4.44. The summed E-state index contributed by atoms with van der Waals surface area (Å²) in [5.74, 6) is -0.965. The van der Waals surface area contributed by atoms with Crippen LogP contribution in [0.3, 0.4) is 0 Å². The number of carbonyl (C=O) groups is 2. The maximum Gasteiger partial charge on any atom is 0.308 e. The van der Waals surface area contributed by atoms with Crippen molar-refractivity contribution in [3.8, 4) is 0 Å². The van der Waals surface area contributed by atoms with Crippen LogP contribution in [0.15, 0.2) is 46.6 Å². The monoisotopic (exact) mass is 372 g/mol. The van der Waals surface area contributed by atoms with Crippen LogP contribution in [-0.2, 0) is 27.4 Å². The van der Waals surface area contributed by atoms with Crippen molar-refractivity contribution in [2.45, 2.75) is 19.5 Å². The van der Waals surface area contributed by atoms with Crippen molar-refractivity contribution < 1.29 is 14.3 Å². The lowest BCUT2D eigenvalue weighted by Crippen LogP contribution is -2.29. The minimum absolute atomic E-state index is 0.0340. The molecule has 0 spiro atoms. The average Bonchev–Trinajstić information content (AvgIpc) is 3.18. The van der Waals surface area contributed by atoms with E-state index in [-0.39, 0.29) is 31.0 Å². The zero-order chi connectivity index (χ0) is 18.4. The van der Waals surface area contributed by atoms with Gasteiger partial charge in [-0.25, -0.2) is 4.68 Å². The van der Waals surface area contributed by atoms with Crippen molar-refractivity contribution in [1.29, 1.82) is 0 Å². The van der Waals surface area contributed by atoms with Crippen LogP contribution in [0.2, 0.25) is 0 Å². The Morgan fingerprint density at radius 1 is 1.19 bits per heavy atom. The van der Waals surface area contributed by atoms with Crippen LogP contribution < -0.4 is 10.9 Å². The van der Waals surface area contributed by atoms with E-state index in [0.717, 1.165) is 9.56 Å². The van der Waals surface area contributed by atoms with Crippen LogP contribution in [0.1, 0.15) is 11.3 Å². The molecule has 1 amide bonds. The van der Waals surface area contributed by atoms with Crippen LogP contribution in [0.25, 0.3) is 10.9 Å². The molecule has 0 bridgehead atoms. The van der Waals surface area contributed by atoms with Gasteiger partial charge < -0.3 is 10.1 Å². The highest BCUT2D eigenvalue weighted by Crippen LogP contribution is 2.07. The van der Waals surface area contributed by atoms with Gasteiger partial charge in [0.25, 0.3) is 11.5 Å². The quantitative estimate of drug-likeness (QED) is 0.623. The minimum Gasteiger partial charge on any atom is -0.456 e. The molecule has 0 fully saturated rings. The Balaban J connectivity index is 1.46. The molecule has 0 atom stereocenters. The fourth-order valence-corrected chi connectivity index (χ4v) is 2.88. The molecule has 1 aromatic carbocycles. The van der Waals surface area contributed by atoms with Crippen molar-refractivity contribution in [3.05, 3.63) is 57.0 Å². The van der Waals surface area contributed by atoms with E-state index in [1.54, 1.807) is 24.3 Å². The summed E-state index contributed by atoms with van der Waals surface area (Å²) in [6.45, 7) is 0.0744. The molecule has 8 nitrogen and oxygen atoms in total. The van der Waals surface area contributed by atoms with E-state index < -0.39 is 5.97 Å². The normalized spacial score (nSPS) is 10.6. The Morgan fingerprint density at radius 3 is 2.85 bits per heavy atom. The lowest BCUT2D eigenvalue weighted by atomic mass is 10.2. The number of hydrogen-bond donors (Lipinski definition) is 1. The molecule has 2 heterocycles. The zero-order valence-corrected chi connectivity index (χ0v) is 14.6. The van der Waals surface area contributed by atoms with Gasteiger partial charge in [-0.3, -0.25) is 14.4 Å². The van der Waals surface area contributed by atoms with E-state index in [2.05, 4.69) is 15.6 Å². The number of ether oxygens (including phenoxy) is 1. The van der Waals surface area contributed by atoms with Crippen LogP contribution in [0.4, 0.5) is 0 Å². The highest BCUT2D eigenvalue weighted by Gasteiger charge is 2.10. The summed E-state index contributed by atoms with van der Waals surface area (Å²) < 4.78 is 6.02. The molecule has 1 N–H and O–H groups in total. The Morgan fingerprint density at radius 2 is 2.04 bits per heavy atom. The lowest BCUT2D eigenvalue weighted by Gasteiger charge is -2.07. The maximum atomic E-state index is 12.2. The van der Waals surface area contributed by atoms with Gasteiger partial charge in [-0.15, -0.1) is 16.4 Å². The smallest absolute Gasteiger partial charge is 0.308 e. The standard InChI is InChI=1S/C17H16N4O4S/c22-15(18-10-12-4-3-9-26-12)11-25-16(23)7-8-21-17(24)13-5-1-2-6-14(13)19-20-21/h1-6,9H,7-8,10-11H2,(H,18,22). The first kappa shape index (κ1) is 17.7. The van der Waals surface area contributed by atoms with E-state index in [9.17, 15) is 14.4 Å². The summed E-state index contributed by atoms with van der Waals surface area (Å²) >= 11 is 1.53. The van der Waals surface area contributed by atoms with Crippen LogP contribution >= 0.6 is 11.3 Å². The number of benzene rings is 1. The Bertz CT molecular complexity index is 968. The number of aryl methyl sites for hydroxylation is 1. The molecule has 0 aliphatic rings. The van der Waals surface area contributed by atoms with Gasteiger partial charge in [-0.2, -0.15) is 0 Å². The number of carbonyl (C=O) groups excluding carboxylic acids is 2. The molecule has 0 saturated heterocycles. The lowest BCUT2D eigenvalue weighted by molar-refractivity contribution is -0.148. The average molecular weight is 372 g/mol. The van der Waals surface area contributed by atoms with Crippen molar-refractivity contribution in [2.75, 3.05) is 6.61 Å². The molecule has 2 aromatic heterocycles. The molecule has 0 aliphatic heterocycles. The Kier molecular flexibility index (Phi) is 5.69. The maximum absolute atomic E-state index is 12.2. The number of rotatable bonds is 7. The summed E-state index contributed by atoms with van der Waals surface area (Å²) in [7, 11) is 0. The Hall–Kier alpha value is -3.07. The largest absolute Gasteiger partial charge is 0.456 e. The fraction of sp³-hybridized carbons (Fsp3) is 0.235. The van der Waals surface area contributed by atoms with Crippen molar-refractivity contribution in [3.63, 3.8) is 0 Å². The number of nitrogens with zero attached hydrogens (tertiary/aromatic N) is 3. The molecular formula is C17H16N4O4S. The topological polar surface area (TPSA) is 103 Å². The second-order valence-electron chi connectivity index (χ2n) is 5.40. The van der Waals surface area contributed by atoms with E-state index in [1.807, 2.05) is 17.5 Å². The highest BCUT2D eigenvalue weighted by atomic mass is 32.1. The summed E-state index contributed by atoms with van der Waals surface area (Å²) in [5.41, 5.74) is 0.177. The predicted molar refractivity (Wildman–Crippen MR) is 95.5 cm³/mol. The second kappa shape index (κ2) is 8.34. The van der Waals surface area contributed by atoms with E-state index >= 15 is 0 Å². The second-order valence-corrected chi connectivity index (χ2v) is 6.43. The summed E-state index contributed by atoms with van der Waals surface area (Å²) in [6.07, 6.45) is -0.0782. The molecule has 3 rings (SSSR count). The van der Waals surface area contributed by atoms with Gasteiger partial charge in [0.2, 0.25) is 0 Å². The molecule has 0 saturated carbocycles. The number of hydrogen-bond acceptors (Lipinski definition) is 7. The molecule has 26 heavy (non-hydrogen) atoms. The molecule has 0 unspecified atom stereocenters. The van der Waals surface area contributed by atoms with Gasteiger partial charge in [-0.05, 0) is 23.6 Å². The highest BCUT2D eigenvalue weighted by molar-refractivity contribution is 7.09. The number of esters is 1. The molecule has 0 radical (unpaired) electrons. The molecule has 134 valence electrons. The van der Waals surface area contributed by atoms with Gasteiger partial charge in [0.15, 0.2) is 6.61 Å². The fourth-order valence-electron chi connectivity index (χ4n) is 2.24. The van der Waals surface area contributed by atoms with Crippen molar-refractivity contribution in [2.24, 2.45) is 0 Å². The third-order valence-electron chi connectivity index (χ3n) is 3.56. The molecule has 0 aliphatic carbocycles. The van der Waals surface area contributed by atoms with Crippen LogP contribution in [-0.4, -0.2) is 33.5 Å². The number of fused-ring (bicyclic) bond motifs is 1. The van der Waals surface area contributed by atoms with Gasteiger partial charge in [0.1, 0.15) is 5.52 Å². The predicted octanol–water partition coefficient (Wildman–Crippen LogP) is 1.10. The number of amides is 1. The van der Waals surface area contributed by atoms with Crippen molar-refractivity contribution >= 4 is 34.1 Å². The minimum atomic E-state index is -0.585. The molecular weight excluding hydrogens is 356 g/mol. The van der Waals surface area contributed by atoms with Crippen LogP contribution in [0.5, 0.6) is 0 Å². The SMILES string of the molecule is O=C(COC(=O)CCn1nnc2ccccc2c1=O)NCc1cccs1. The molecule has 3 aromatic rings. The first-order valence-electron chi connectivity index (χ1n) is 7.91. The third kappa shape index (κ3) is 4.51. The first-order valence-corrected chi connectivity index (χ1v) is 8.78. The van der Waals surface area contributed by atoms with E-state index in [4.69, 9.17) is 4.74 Å². The number of nitrogens with one attached hydrogen (secondary N) is 1. The van der Waals surface area contributed by atoms with Crippen molar-refractivity contribution in [1.82, 2.24) is 20.3 Å². The van der Waals surface area contributed by atoms with Crippen LogP contribution in [0, 0.1) is 0 Å². The zero-order valence-electron chi connectivity index (χ0n) is 13.8. The van der Waals surface area contributed by atoms with Gasteiger partial charge in [0, 0.05) is 4.88 Å². The van der Waals surface area contributed by atoms with Gasteiger partial charge in [0.05, 0.1) is 24.9 Å². The van der Waals surface area contributed by atoms with E-state index in [1.165, 1.54) is 11.3 Å². The summed E-state index contributed by atoms with van der Waals surface area (Å²) in [4.78, 5) is 36.7. The first-order chi connectivity index (χ1) is 12.6. The molecule has 9 heteroatoms. The number of aromatic nitrogens is 3. The summed E-state index contributed by atoms with van der Waals surface area (Å²) in [5, 5.41) is 12.8. The van der Waals surface area contributed by atoms with Gasteiger partial charge >= 0.3 is 5.97 Å². The Labute approximate surface area is 152 Å². The number of thiophene rings is 1. The van der Waals surface area contributed by atoms with Gasteiger partial charge in [-0.1, -0.05) is 23.4 Å². The summed E-state index contributed by atoms with van der Waals surface area (Å²) in [6, 6.07) is 10.6. The van der Waals surface area contributed by atoms with E-state index in [0.29, 0.717) is 17.4 Å².